The number of Topliss-reactive ketones (excluding diaryl/α,β-unsaturated/α-hetero) is 4. The second-order valence-electron chi connectivity index (χ2n) is 13.3. The highest BCUT2D eigenvalue weighted by Gasteiger charge is 2.71. The summed E-state index contributed by atoms with van der Waals surface area (Å²) >= 11 is 0. The van der Waals surface area contributed by atoms with Crippen molar-refractivity contribution in [3.05, 3.63) is 75.8 Å². The number of aliphatic hydroxyl groups is 3. The maximum absolute atomic E-state index is 14.2. The molecule has 0 amide bonds. The number of aryl methyl sites for hydroxylation is 1. The molecule has 5 rings (SSSR count). The Kier molecular flexibility index (Phi) is 7.08. The van der Waals surface area contributed by atoms with E-state index in [2.05, 4.69) is 0 Å². The smallest absolute Gasteiger partial charge is 0.209 e. The van der Waals surface area contributed by atoms with Crippen LogP contribution in [-0.2, 0) is 27.2 Å². The zero-order chi connectivity index (χ0) is 31.8. The Hall–Kier alpha value is -4.04. The second-order valence-corrected chi connectivity index (χ2v) is 13.3. The lowest BCUT2D eigenvalue weighted by atomic mass is 9.44. The van der Waals surface area contributed by atoms with Crippen LogP contribution in [0, 0.1) is 22.7 Å². The second kappa shape index (κ2) is 10.0. The number of carbonyl (C=O) groups excluding carboxylic acids is 4. The fourth-order valence-electron chi connectivity index (χ4n) is 8.17. The highest BCUT2D eigenvalue weighted by atomic mass is 16.3. The first kappa shape index (κ1) is 30.4. The van der Waals surface area contributed by atoms with Gasteiger partial charge >= 0.3 is 0 Å². The van der Waals surface area contributed by atoms with Crippen molar-refractivity contribution in [1.29, 1.82) is 0 Å². The summed E-state index contributed by atoms with van der Waals surface area (Å²) in [5, 5.41) is 46.2. The lowest BCUT2D eigenvalue weighted by Gasteiger charge is -2.59. The van der Waals surface area contributed by atoms with Gasteiger partial charge in [-0.25, -0.2) is 0 Å². The van der Waals surface area contributed by atoms with Gasteiger partial charge in [0.15, 0.2) is 17.2 Å². The monoisotopic (exact) mass is 586 g/mol. The molecule has 0 spiro atoms. The number of rotatable bonds is 6. The molecule has 0 aromatic heterocycles. The van der Waals surface area contributed by atoms with Gasteiger partial charge in [-0.3, -0.25) is 14.4 Å². The highest BCUT2D eigenvalue weighted by Crippen LogP contribution is 2.65. The van der Waals surface area contributed by atoms with E-state index >= 15 is 0 Å². The maximum atomic E-state index is 14.2. The van der Waals surface area contributed by atoms with E-state index in [4.69, 9.17) is 0 Å². The maximum Gasteiger partial charge on any atom is 0.209 e. The average Bonchev–Trinajstić information content (AvgIpc) is 2.89. The summed E-state index contributed by atoms with van der Waals surface area (Å²) in [6.07, 6.45) is 1.27. The number of allylic oxidation sites excluding steroid dienone is 2. The van der Waals surface area contributed by atoms with Crippen molar-refractivity contribution in [3.63, 3.8) is 0 Å². The van der Waals surface area contributed by atoms with Crippen LogP contribution in [0.25, 0.3) is 11.1 Å². The summed E-state index contributed by atoms with van der Waals surface area (Å²) in [5.41, 5.74) is -2.90. The van der Waals surface area contributed by atoms with Crippen molar-refractivity contribution < 1.29 is 39.6 Å². The predicted octanol–water partition coefficient (Wildman–Crippen LogP) is 5.54. The van der Waals surface area contributed by atoms with Crippen LogP contribution in [0.15, 0.2) is 59.1 Å². The molecule has 0 bridgehead atoms. The Bertz CT molecular complexity index is 1660. The van der Waals surface area contributed by atoms with Crippen molar-refractivity contribution >= 4 is 23.1 Å². The van der Waals surface area contributed by atoms with Crippen molar-refractivity contribution in [3.8, 4) is 16.9 Å². The van der Waals surface area contributed by atoms with Crippen LogP contribution in [0.5, 0.6) is 5.75 Å². The SMILES string of the molecule is CC(=O)CCc1ccc(-c2ccc(O)c3c2C[C@]2(C)C[C@]4(C)C(C(C)C)C(O)=C(C(C)=O)C(=O)[C@]4(O)C(O)=C2C3=O)cc1. The molecule has 3 aliphatic carbocycles. The van der Waals surface area contributed by atoms with Crippen LogP contribution in [-0.4, -0.2) is 49.2 Å². The highest BCUT2D eigenvalue weighted by molar-refractivity contribution is 6.25. The molecule has 8 nitrogen and oxygen atoms in total. The van der Waals surface area contributed by atoms with E-state index in [9.17, 15) is 39.6 Å². The van der Waals surface area contributed by atoms with Gasteiger partial charge in [0.25, 0.3) is 0 Å². The van der Waals surface area contributed by atoms with E-state index < -0.39 is 56.8 Å². The molecule has 1 unspecified atom stereocenters. The lowest BCUT2D eigenvalue weighted by Crippen LogP contribution is -2.67. The minimum atomic E-state index is -2.64. The zero-order valence-corrected chi connectivity index (χ0v) is 25.4. The molecular weight excluding hydrogens is 548 g/mol. The molecular formula is C35H38O8. The summed E-state index contributed by atoms with van der Waals surface area (Å²) in [6, 6.07) is 10.8. The predicted molar refractivity (Wildman–Crippen MR) is 160 cm³/mol. The third-order valence-corrected chi connectivity index (χ3v) is 9.92. The van der Waals surface area contributed by atoms with Crippen LogP contribution in [0.4, 0.5) is 0 Å². The van der Waals surface area contributed by atoms with E-state index in [-0.39, 0.29) is 41.4 Å². The molecule has 4 N–H and O–H groups in total. The summed E-state index contributed by atoms with van der Waals surface area (Å²) in [7, 11) is 0. The molecule has 2 aromatic rings. The number of aromatic hydroxyl groups is 1. The van der Waals surface area contributed by atoms with E-state index in [0.29, 0.717) is 24.0 Å². The molecule has 0 fully saturated rings. The summed E-state index contributed by atoms with van der Waals surface area (Å²) in [5.74, 6) is -5.24. The molecule has 3 aliphatic rings. The van der Waals surface area contributed by atoms with Crippen LogP contribution in [0.3, 0.4) is 0 Å². The largest absolute Gasteiger partial charge is 0.511 e. The van der Waals surface area contributed by atoms with Gasteiger partial charge in [0.1, 0.15) is 28.6 Å². The lowest BCUT2D eigenvalue weighted by molar-refractivity contribution is -0.171. The number of benzene rings is 2. The minimum absolute atomic E-state index is 0.0155. The van der Waals surface area contributed by atoms with Gasteiger partial charge in [0.05, 0.1) is 5.56 Å². The Morgan fingerprint density at radius 1 is 0.977 bits per heavy atom. The fraction of sp³-hybridized carbons (Fsp3) is 0.429. The van der Waals surface area contributed by atoms with E-state index in [1.165, 1.54) is 6.07 Å². The van der Waals surface area contributed by atoms with E-state index in [1.54, 1.807) is 40.7 Å². The Morgan fingerprint density at radius 3 is 2.16 bits per heavy atom. The average molecular weight is 587 g/mol. The fourth-order valence-corrected chi connectivity index (χ4v) is 8.17. The van der Waals surface area contributed by atoms with Crippen LogP contribution in [0.1, 0.15) is 75.9 Å². The molecule has 2 aromatic carbocycles. The molecule has 4 atom stereocenters. The molecule has 226 valence electrons. The minimum Gasteiger partial charge on any atom is -0.511 e. The Morgan fingerprint density at radius 2 is 1.60 bits per heavy atom. The van der Waals surface area contributed by atoms with Crippen LogP contribution < -0.4 is 0 Å². The molecule has 8 heteroatoms. The van der Waals surface area contributed by atoms with Crippen molar-refractivity contribution in [2.24, 2.45) is 22.7 Å². The number of carbonyl (C=O) groups is 4. The van der Waals surface area contributed by atoms with Gasteiger partial charge in [-0.15, -0.1) is 0 Å². The quantitative estimate of drug-likeness (QED) is 0.323. The van der Waals surface area contributed by atoms with E-state index in [1.807, 2.05) is 24.3 Å². The van der Waals surface area contributed by atoms with Crippen molar-refractivity contribution in [2.45, 2.75) is 72.8 Å². The summed E-state index contributed by atoms with van der Waals surface area (Å²) in [6.45, 7) is 9.66. The third-order valence-electron chi connectivity index (χ3n) is 9.92. The Balaban J connectivity index is 1.71. The van der Waals surface area contributed by atoms with Gasteiger partial charge in [-0.1, -0.05) is 58.0 Å². The number of phenols is 1. The number of aliphatic hydroxyl groups excluding tert-OH is 2. The number of ketones is 4. The Labute approximate surface area is 250 Å². The topological polar surface area (TPSA) is 149 Å². The number of hydrogen-bond acceptors (Lipinski definition) is 8. The first-order valence-electron chi connectivity index (χ1n) is 14.6. The summed E-state index contributed by atoms with van der Waals surface area (Å²) in [4.78, 5) is 52.0. The summed E-state index contributed by atoms with van der Waals surface area (Å²) < 4.78 is 0. The van der Waals surface area contributed by atoms with Gasteiger partial charge in [-0.2, -0.15) is 0 Å². The first-order chi connectivity index (χ1) is 20.0. The molecule has 0 heterocycles. The third kappa shape index (κ3) is 4.21. The van der Waals surface area contributed by atoms with Crippen LogP contribution in [0.2, 0.25) is 0 Å². The van der Waals surface area contributed by atoms with Gasteiger partial charge in [-0.05, 0) is 67.3 Å². The first-order valence-corrected chi connectivity index (χ1v) is 14.6. The van der Waals surface area contributed by atoms with Crippen molar-refractivity contribution in [1.82, 2.24) is 0 Å². The van der Waals surface area contributed by atoms with Crippen LogP contribution >= 0.6 is 0 Å². The zero-order valence-electron chi connectivity index (χ0n) is 25.4. The van der Waals surface area contributed by atoms with Crippen molar-refractivity contribution in [2.75, 3.05) is 0 Å². The standard InChI is InChI=1S/C35H38O8/c1-17(2)27-29(39)25(19(4)37)31(41)35(43)32(42)28-30(40)26-23(15-33(28,5)16-34(27,35)6)22(13-14-24(26)38)21-11-9-20(10-12-21)8-7-18(3)36/h9-14,17,27,38-39,42-43H,7-8,15-16H2,1-6H3/t27?,33-,34-,35+/m1/s1. The normalized spacial score (nSPS) is 28.5. The molecule has 0 saturated heterocycles. The van der Waals surface area contributed by atoms with E-state index in [0.717, 1.165) is 18.1 Å². The number of phenolic OH excluding ortho intramolecular Hbond substituents is 1. The van der Waals surface area contributed by atoms with Gasteiger partial charge in [0, 0.05) is 28.7 Å². The number of fused-ring (bicyclic) bond motifs is 3. The molecule has 43 heavy (non-hydrogen) atoms. The molecule has 0 aliphatic heterocycles. The van der Waals surface area contributed by atoms with Gasteiger partial charge < -0.3 is 25.2 Å². The van der Waals surface area contributed by atoms with Gasteiger partial charge in [0.2, 0.25) is 5.78 Å². The molecule has 0 radical (unpaired) electrons. The number of hydrogen-bond donors (Lipinski definition) is 4. The molecule has 0 saturated carbocycles.